The lowest BCUT2D eigenvalue weighted by atomic mass is 10.2. The highest BCUT2D eigenvalue weighted by Crippen LogP contribution is 3.35. The topological polar surface area (TPSA) is 226 Å². The second-order valence-corrected chi connectivity index (χ2v) is 202. The summed E-state index contributed by atoms with van der Waals surface area (Å²) in [5.41, 5.74) is 14.0. The van der Waals surface area contributed by atoms with Crippen molar-refractivity contribution in [3.8, 4) is 11.5 Å². The van der Waals surface area contributed by atoms with Gasteiger partial charge in [-0.2, -0.15) is 9.03 Å². The molecule has 30 unspecified atom stereocenters. The Hall–Kier alpha value is 14.4. The summed E-state index contributed by atoms with van der Waals surface area (Å²) < 4.78 is 13.3. The number of carbonyl (C=O) groups is 2. The quantitative estimate of drug-likeness (QED) is 0.0371. The SMILES string of the molecule is CNC.COc1cccc2c1nc(N)n1nc(CC(=O)N(C)C)nc21.COc1cccc2c1nc(N)n1nc(CC(=O)O)nc21.PP(P)P(P)P(P(P)P)P(P(P(P)P)P(P)P)P(P(P)P)P(P)P.PPP(P)P(P(P)P)P(P(P(P)P)P(P)P)P(P(P)P)P(P)P. The molecule has 17 nitrogen and oxygen atoms in total. The van der Waals surface area contributed by atoms with Crippen LogP contribution < -0.4 is 26.3 Å². The van der Waals surface area contributed by atoms with Crippen LogP contribution in [0.25, 0.3) is 33.1 Å². The minimum Gasteiger partial charge on any atom is -0.494 e. The molecule has 6 N–H and O–H groups in total. The van der Waals surface area contributed by atoms with E-state index in [0.29, 0.717) is 45.0 Å². The van der Waals surface area contributed by atoms with Crippen molar-refractivity contribution in [3.63, 3.8) is 0 Å². The first kappa shape index (κ1) is 102. The number of hydrogen-bond acceptors (Lipinski definition) is 13. The van der Waals surface area contributed by atoms with E-state index < -0.39 is 5.97 Å². The molecule has 0 spiro atoms. The van der Waals surface area contributed by atoms with E-state index in [-0.39, 0.29) is 183 Å². The summed E-state index contributed by atoms with van der Waals surface area (Å²) in [6.07, 6.45) is -0.161. The number of para-hydroxylation sites is 2. The lowest BCUT2D eigenvalue weighted by molar-refractivity contribution is -0.136. The smallest absolute Gasteiger partial charge is 0.311 e. The summed E-state index contributed by atoms with van der Waals surface area (Å²) in [7, 11) is 91.5. The highest BCUT2D eigenvalue weighted by molar-refractivity contribution is 9.41. The molecule has 0 aliphatic carbocycles. The Morgan fingerprint density at radius 3 is 1.07 bits per heavy atom. The number of nitrogens with zero attached hydrogens (tertiary/aromatic N) is 9. The third-order valence-electron chi connectivity index (χ3n) is 10.00. The maximum Gasteiger partial charge on any atom is 0.311 e. The van der Waals surface area contributed by atoms with Gasteiger partial charge >= 0.3 is 5.97 Å². The van der Waals surface area contributed by atoms with Gasteiger partial charge < -0.3 is 36.3 Å². The first-order chi connectivity index (χ1) is 42.8. The van der Waals surface area contributed by atoms with Gasteiger partial charge in [0.15, 0.2) is 22.9 Å². The molecule has 0 saturated carbocycles. The van der Waals surface area contributed by atoms with Crippen LogP contribution in [0.2, 0.25) is 0 Å². The largest absolute Gasteiger partial charge is 0.494 e. The van der Waals surface area contributed by atoms with Gasteiger partial charge in [-0.15, -0.1) is 233 Å². The van der Waals surface area contributed by atoms with Gasteiger partial charge in [0.05, 0.1) is 20.6 Å². The van der Waals surface area contributed by atoms with Gasteiger partial charge in [-0.1, -0.05) is 20.1 Å². The number of aliphatic carboxylic acids is 1. The van der Waals surface area contributed by atoms with Crippen LogP contribution in [-0.4, -0.2) is 103 Å². The second-order valence-electron chi connectivity index (χ2n) is 16.8. The molecule has 4 aromatic heterocycles. The Balaban J connectivity index is 0.000000412. The molecular weight excluding hydrogens is 2040 g/mol. The minimum absolute atomic E-state index is 0.00181. The first-order valence-corrected chi connectivity index (χ1v) is 108. The van der Waals surface area contributed by atoms with Crippen molar-refractivity contribution in [3.05, 3.63) is 48.0 Å². The maximum absolute atomic E-state index is 11.8. The number of amides is 1. The van der Waals surface area contributed by atoms with Gasteiger partial charge in [0.2, 0.25) is 17.8 Å². The molecular formula is C28H85N12O5P47. The second kappa shape index (κ2) is 53.6. The van der Waals surface area contributed by atoms with Crippen LogP contribution in [-0.2, 0) is 22.4 Å². The van der Waals surface area contributed by atoms with Crippen LogP contribution in [0, 0.1) is 0 Å². The number of nitrogen functional groups attached to an aromatic ring is 2. The summed E-state index contributed by atoms with van der Waals surface area (Å²) in [6.45, 7) is 1.03. The lowest BCUT2D eigenvalue weighted by Crippen LogP contribution is -2.24. The number of benzene rings is 2. The molecule has 4 heterocycles. The number of methoxy groups -OCH3 is 2. The van der Waals surface area contributed by atoms with Gasteiger partial charge in [-0.25, -0.2) is 19.9 Å². The number of anilines is 2. The third-order valence-corrected chi connectivity index (χ3v) is 312. The number of carboxylic acids is 1. The standard InChI is InChI=1S/C14H16N6O2.C12H11N5O3.C2H7N.H26P24.H25P23/c1-19(2)11(21)7-10-16-13-8-5-4-6-9(22-3)12(8)17-14(15)20(13)18-10;1-20-7-4-2-3-6-10(7)15-12(13)17-11(6)14-8(16-17)5-9(18)19;1-3-2;1-14(2)20(13)23(19(11)12)24(21(15(3)4)16(5)6)22(17(7)8)18(9)10;1-13-19(12)22(18(10)11)23(20(14(2)3)15(4)5)21(16(6)7)17(8)9/h4-6H,7H2,1-3H3,(H2,15,17);2-4H,5H2,1H3,(H2,13,15)(H,18,19);3H,1-2H3;1-13H2;13H,1-12H2. The van der Waals surface area contributed by atoms with Crippen molar-refractivity contribution in [1.29, 1.82) is 0 Å². The number of nitrogens with two attached hydrogens (primary N) is 2. The molecule has 92 heavy (non-hydrogen) atoms. The van der Waals surface area contributed by atoms with E-state index in [1.165, 1.54) is 21.0 Å². The summed E-state index contributed by atoms with van der Waals surface area (Å²) >= 11 is 0. The lowest BCUT2D eigenvalue weighted by Gasteiger charge is -2.48. The number of fused-ring (bicyclic) bond motifs is 6. The van der Waals surface area contributed by atoms with Crippen molar-refractivity contribution in [2.75, 3.05) is 53.9 Å². The predicted molar refractivity (Wildman–Crippen MR) is 564 cm³/mol. The normalized spacial score (nSPS) is 13.7. The Labute approximate surface area is 627 Å². The molecule has 0 saturated heterocycles. The zero-order chi connectivity index (χ0) is 70.7. The molecule has 6 aromatic rings. The van der Waals surface area contributed by atoms with Crippen molar-refractivity contribution >= 4 is 435 Å². The Bertz CT molecular complexity index is 3140. The molecule has 1 amide bonds. The zero-order valence-corrected chi connectivity index (χ0v) is 98.6. The molecule has 0 aliphatic rings. The average Bonchev–Trinajstić information content (AvgIpc) is 1.52. The number of hydrogen-bond donors (Lipinski definition) is 4. The fraction of sp³-hybridized carbons (Fsp3) is 0.286. The van der Waals surface area contributed by atoms with E-state index in [9.17, 15) is 9.59 Å². The number of carbonyl (C=O) groups excluding carboxylic acids is 1. The van der Waals surface area contributed by atoms with Gasteiger partial charge in [-0.05, 0) is 185 Å². The summed E-state index contributed by atoms with van der Waals surface area (Å²) in [6, 6.07) is 10.9. The Morgan fingerprint density at radius 2 is 0.804 bits per heavy atom. The average molecular weight is 2130 g/mol. The molecule has 2 aromatic carbocycles. The molecule has 30 atom stereocenters. The van der Waals surface area contributed by atoms with Crippen molar-refractivity contribution in [2.45, 2.75) is 12.8 Å². The summed E-state index contributed by atoms with van der Waals surface area (Å²) in [5, 5.41) is 21.3. The number of aromatic nitrogens is 8. The van der Waals surface area contributed by atoms with Crippen LogP contribution in [0.15, 0.2) is 36.4 Å². The number of rotatable bonds is 26. The van der Waals surface area contributed by atoms with E-state index in [1.54, 1.807) is 45.5 Å². The van der Waals surface area contributed by atoms with Crippen molar-refractivity contribution in [2.24, 2.45) is 0 Å². The van der Waals surface area contributed by atoms with Gasteiger partial charge in [0.25, 0.3) is 0 Å². The van der Waals surface area contributed by atoms with Crippen LogP contribution in [0.4, 0.5) is 11.9 Å². The summed E-state index contributed by atoms with van der Waals surface area (Å²) in [5.74, 6) is 1.01. The van der Waals surface area contributed by atoms with Crippen LogP contribution in [0.1, 0.15) is 11.6 Å². The van der Waals surface area contributed by atoms with Crippen LogP contribution in [0.3, 0.4) is 0 Å². The molecule has 6 rings (SSSR count). The fourth-order valence-electron chi connectivity index (χ4n) is 6.60. The molecule has 0 radical (unpaired) electrons. The van der Waals surface area contributed by atoms with Crippen molar-refractivity contribution < 1.29 is 24.2 Å². The van der Waals surface area contributed by atoms with E-state index in [4.69, 9.17) is 26.0 Å². The molecule has 0 aliphatic heterocycles. The summed E-state index contributed by atoms with van der Waals surface area (Å²) in [4.78, 5) is 41.2. The zero-order valence-electron chi connectivity index (χ0n) is 50.0. The Kier molecular flexibility index (Phi) is 59.7. The van der Waals surface area contributed by atoms with E-state index in [2.05, 4.69) is 259 Å². The number of ether oxygens (including phenoxy) is 2. The molecule has 0 bridgehead atoms. The van der Waals surface area contributed by atoms with E-state index in [0.717, 1.165) is 13.3 Å². The van der Waals surface area contributed by atoms with Gasteiger partial charge in [0, 0.05) is 24.9 Å². The monoisotopic (exact) mass is 2130 g/mol. The molecule has 0 fully saturated rings. The fourth-order valence-corrected chi connectivity index (χ4v) is 578. The number of likely N-dealkylation sites (N-methyl/N-ethyl adjacent to an activating group) is 1. The molecule has 64 heteroatoms. The number of carboxylic acid groups (broad SMARTS) is 1. The van der Waals surface area contributed by atoms with E-state index >= 15 is 0 Å². The predicted octanol–water partition coefficient (Wildman–Crippen LogP) is 27.7. The third kappa shape index (κ3) is 32.8. The highest BCUT2D eigenvalue weighted by atomic mass is 33.5. The van der Waals surface area contributed by atoms with Gasteiger partial charge in [0.1, 0.15) is 29.0 Å². The van der Waals surface area contributed by atoms with Crippen LogP contribution >= 0.6 is 378 Å². The highest BCUT2D eigenvalue weighted by Gasteiger charge is 2.47. The maximum atomic E-state index is 11.8. The first-order valence-electron chi connectivity index (χ1n) is 24.0. The van der Waals surface area contributed by atoms with Crippen molar-refractivity contribution in [1.82, 2.24) is 49.4 Å². The van der Waals surface area contributed by atoms with E-state index in [1.807, 2.05) is 26.2 Å². The van der Waals surface area contributed by atoms with Crippen LogP contribution in [0.5, 0.6) is 11.5 Å². The Morgan fingerprint density at radius 1 is 0.500 bits per heavy atom. The number of nitrogens with one attached hydrogen (secondary N) is 1. The molecule has 522 valence electrons. The van der Waals surface area contributed by atoms with Gasteiger partial charge in [-0.3, -0.25) is 9.59 Å². The minimum atomic E-state index is -1.01.